The number of nitrogens with one attached hydrogen (secondary N) is 2. The molecule has 1 aliphatic heterocycles. The summed E-state index contributed by atoms with van der Waals surface area (Å²) in [5, 5.41) is 6.98. The van der Waals surface area contributed by atoms with Gasteiger partial charge in [0.25, 0.3) is 0 Å². The minimum atomic E-state index is -0.404. The van der Waals surface area contributed by atoms with Crippen LogP contribution in [0.25, 0.3) is 0 Å². The second-order valence-electron chi connectivity index (χ2n) is 5.28. The molecule has 1 aliphatic rings. The molecule has 1 heterocycles. The Morgan fingerprint density at radius 3 is 2.76 bits per heavy atom. The summed E-state index contributed by atoms with van der Waals surface area (Å²) >= 11 is 5.94. The van der Waals surface area contributed by atoms with Crippen LogP contribution < -0.4 is 10.6 Å². The molecule has 2 rings (SSSR count). The molecule has 0 atom stereocenters. The molecular formula is C15H22Cl2N2O2. The molecule has 0 bridgehead atoms. The van der Waals surface area contributed by atoms with Crippen molar-refractivity contribution in [2.45, 2.75) is 19.4 Å². The van der Waals surface area contributed by atoms with Crippen LogP contribution >= 0.6 is 24.0 Å². The summed E-state index contributed by atoms with van der Waals surface area (Å²) in [5.41, 5.74) is 0.603. The molecule has 0 radical (unpaired) electrons. The zero-order valence-corrected chi connectivity index (χ0v) is 13.7. The number of piperidine rings is 1. The van der Waals surface area contributed by atoms with Crippen molar-refractivity contribution in [1.82, 2.24) is 10.6 Å². The van der Waals surface area contributed by atoms with Gasteiger partial charge in [0.2, 0.25) is 5.91 Å². The highest BCUT2D eigenvalue weighted by Crippen LogP contribution is 2.29. The van der Waals surface area contributed by atoms with Crippen LogP contribution in [-0.2, 0) is 16.1 Å². The van der Waals surface area contributed by atoms with Crippen molar-refractivity contribution in [3.8, 4) is 0 Å². The number of rotatable bonds is 5. The summed E-state index contributed by atoms with van der Waals surface area (Å²) in [4.78, 5) is 12.5. The fraction of sp³-hybridized carbons (Fsp3) is 0.533. The van der Waals surface area contributed by atoms with Crippen LogP contribution in [-0.4, -0.2) is 32.7 Å². The fourth-order valence-corrected chi connectivity index (χ4v) is 2.85. The molecule has 21 heavy (non-hydrogen) atoms. The number of amides is 1. The summed E-state index contributed by atoms with van der Waals surface area (Å²) < 4.78 is 5.27. The molecule has 1 aromatic rings. The van der Waals surface area contributed by atoms with E-state index in [2.05, 4.69) is 10.6 Å². The molecule has 1 saturated heterocycles. The summed E-state index contributed by atoms with van der Waals surface area (Å²) in [6, 6.07) is 7.54. The van der Waals surface area contributed by atoms with Crippen LogP contribution in [0, 0.1) is 5.41 Å². The van der Waals surface area contributed by atoms with Crippen LogP contribution in [0.15, 0.2) is 24.3 Å². The molecule has 1 amide bonds. The summed E-state index contributed by atoms with van der Waals surface area (Å²) in [6.45, 7) is 2.68. The van der Waals surface area contributed by atoms with Crippen molar-refractivity contribution in [3.63, 3.8) is 0 Å². The van der Waals surface area contributed by atoms with Crippen LogP contribution in [0.5, 0.6) is 0 Å². The first-order valence-electron chi connectivity index (χ1n) is 6.89. The second-order valence-corrected chi connectivity index (χ2v) is 5.71. The van der Waals surface area contributed by atoms with Gasteiger partial charge in [0.05, 0.1) is 12.0 Å². The first-order valence-corrected chi connectivity index (χ1v) is 7.26. The number of ether oxygens (including phenoxy) is 1. The zero-order valence-electron chi connectivity index (χ0n) is 12.2. The Morgan fingerprint density at radius 2 is 2.14 bits per heavy atom. The molecule has 0 aromatic heterocycles. The fourth-order valence-electron chi connectivity index (χ4n) is 2.64. The number of carbonyl (C=O) groups excluding carboxylic acids is 1. The van der Waals surface area contributed by atoms with E-state index in [9.17, 15) is 4.79 Å². The Bertz CT molecular complexity index is 457. The van der Waals surface area contributed by atoms with E-state index in [1.807, 2.05) is 24.3 Å². The number of carbonyl (C=O) groups is 1. The Balaban J connectivity index is 0.00000220. The van der Waals surface area contributed by atoms with Gasteiger partial charge in [-0.3, -0.25) is 4.79 Å². The van der Waals surface area contributed by atoms with Crippen LogP contribution in [0.3, 0.4) is 0 Å². The monoisotopic (exact) mass is 332 g/mol. The van der Waals surface area contributed by atoms with Crippen molar-refractivity contribution in [1.29, 1.82) is 0 Å². The summed E-state index contributed by atoms with van der Waals surface area (Å²) in [5.74, 6) is 0.0702. The molecule has 118 valence electrons. The van der Waals surface area contributed by atoms with E-state index in [-0.39, 0.29) is 18.3 Å². The lowest BCUT2D eigenvalue weighted by atomic mass is 9.78. The number of benzene rings is 1. The third-order valence-corrected chi connectivity index (χ3v) is 4.04. The van der Waals surface area contributed by atoms with Crippen LogP contribution in [0.4, 0.5) is 0 Å². The molecule has 0 saturated carbocycles. The van der Waals surface area contributed by atoms with Gasteiger partial charge >= 0.3 is 0 Å². The Labute approximate surface area is 137 Å². The van der Waals surface area contributed by atoms with Gasteiger partial charge in [-0.25, -0.2) is 0 Å². The van der Waals surface area contributed by atoms with Crippen molar-refractivity contribution in [2.24, 2.45) is 5.41 Å². The van der Waals surface area contributed by atoms with E-state index in [1.165, 1.54) is 0 Å². The van der Waals surface area contributed by atoms with E-state index in [1.54, 1.807) is 7.11 Å². The lowest BCUT2D eigenvalue weighted by Crippen LogP contribution is -2.49. The third kappa shape index (κ3) is 4.85. The van der Waals surface area contributed by atoms with Crippen molar-refractivity contribution >= 4 is 29.9 Å². The normalized spacial score (nSPS) is 16.9. The quantitative estimate of drug-likeness (QED) is 0.870. The maximum atomic E-state index is 12.5. The minimum absolute atomic E-state index is 0. The van der Waals surface area contributed by atoms with Gasteiger partial charge in [0, 0.05) is 18.7 Å². The second kappa shape index (κ2) is 8.59. The Kier molecular flexibility index (Phi) is 7.46. The topological polar surface area (TPSA) is 50.4 Å². The van der Waals surface area contributed by atoms with E-state index in [0.717, 1.165) is 31.5 Å². The highest BCUT2D eigenvalue weighted by molar-refractivity contribution is 6.30. The lowest BCUT2D eigenvalue weighted by molar-refractivity contribution is -0.136. The number of hydrogen-bond donors (Lipinski definition) is 2. The van der Waals surface area contributed by atoms with Gasteiger partial charge in [-0.1, -0.05) is 23.7 Å². The predicted octanol–water partition coefficient (Wildman–Crippen LogP) is 2.39. The lowest BCUT2D eigenvalue weighted by Gasteiger charge is -2.35. The third-order valence-electron chi connectivity index (χ3n) is 3.81. The number of methoxy groups -OCH3 is 1. The number of halogens is 2. The van der Waals surface area contributed by atoms with E-state index in [4.69, 9.17) is 16.3 Å². The van der Waals surface area contributed by atoms with Crippen LogP contribution in [0.1, 0.15) is 18.4 Å². The molecule has 1 aromatic carbocycles. The standard InChI is InChI=1S/C15H21ClN2O2.ClH/c1-20-11-15(5-7-17-8-6-15)14(19)18-10-12-3-2-4-13(16)9-12;/h2-4,9,17H,5-8,10-11H2,1H3,(H,18,19);1H. The Morgan fingerprint density at radius 1 is 1.43 bits per heavy atom. The average molecular weight is 333 g/mol. The Hall–Kier alpha value is -0.810. The molecule has 6 heteroatoms. The van der Waals surface area contributed by atoms with Gasteiger partial charge in [-0.15, -0.1) is 12.4 Å². The van der Waals surface area contributed by atoms with Crippen molar-refractivity contribution < 1.29 is 9.53 Å². The first-order chi connectivity index (χ1) is 9.66. The largest absolute Gasteiger partial charge is 0.384 e. The molecule has 1 fully saturated rings. The average Bonchev–Trinajstić information content (AvgIpc) is 2.46. The first kappa shape index (κ1) is 18.2. The zero-order chi connectivity index (χ0) is 14.4. The summed E-state index contributed by atoms with van der Waals surface area (Å²) in [7, 11) is 1.65. The molecule has 0 aliphatic carbocycles. The van der Waals surface area contributed by atoms with Gasteiger partial charge < -0.3 is 15.4 Å². The molecule has 0 spiro atoms. The SMILES string of the molecule is COCC1(C(=O)NCc2cccc(Cl)c2)CCNCC1.Cl. The van der Waals surface area contributed by atoms with E-state index >= 15 is 0 Å². The minimum Gasteiger partial charge on any atom is -0.384 e. The highest BCUT2D eigenvalue weighted by atomic mass is 35.5. The van der Waals surface area contributed by atoms with E-state index in [0.29, 0.717) is 18.2 Å². The van der Waals surface area contributed by atoms with Gasteiger partial charge in [0.15, 0.2) is 0 Å². The highest BCUT2D eigenvalue weighted by Gasteiger charge is 2.39. The maximum absolute atomic E-state index is 12.5. The molecule has 0 unspecified atom stereocenters. The maximum Gasteiger partial charge on any atom is 0.228 e. The summed E-state index contributed by atoms with van der Waals surface area (Å²) in [6.07, 6.45) is 1.62. The molecular weight excluding hydrogens is 311 g/mol. The molecule has 2 N–H and O–H groups in total. The van der Waals surface area contributed by atoms with Crippen LogP contribution in [0.2, 0.25) is 5.02 Å². The van der Waals surface area contributed by atoms with Gasteiger partial charge in [0.1, 0.15) is 0 Å². The number of hydrogen-bond acceptors (Lipinski definition) is 3. The van der Waals surface area contributed by atoms with Gasteiger partial charge in [-0.05, 0) is 43.6 Å². The smallest absolute Gasteiger partial charge is 0.228 e. The van der Waals surface area contributed by atoms with Crippen molar-refractivity contribution in [3.05, 3.63) is 34.9 Å². The molecule has 4 nitrogen and oxygen atoms in total. The van der Waals surface area contributed by atoms with Gasteiger partial charge in [-0.2, -0.15) is 0 Å². The predicted molar refractivity (Wildman–Crippen MR) is 87.0 cm³/mol. The van der Waals surface area contributed by atoms with E-state index < -0.39 is 5.41 Å². The van der Waals surface area contributed by atoms with Crippen molar-refractivity contribution in [2.75, 3.05) is 26.8 Å².